The first-order valence-electron chi connectivity index (χ1n) is 6.35. The van der Waals surface area contributed by atoms with Crippen molar-refractivity contribution in [1.29, 1.82) is 0 Å². The molecule has 1 N–H and O–H groups in total. The van der Waals surface area contributed by atoms with E-state index in [-0.39, 0.29) is 0 Å². The summed E-state index contributed by atoms with van der Waals surface area (Å²) < 4.78 is 5.93. The zero-order valence-corrected chi connectivity index (χ0v) is 14.4. The standard InChI is InChI=1S/C15H21BrN2O2/c1-8(2)11-9(3)12(16)17-13(10(11)4)18-14(19)20-15(5,6)7/h1H2,2-7H3,(H,17,18,19). The molecule has 4 nitrogen and oxygen atoms in total. The zero-order valence-electron chi connectivity index (χ0n) is 12.8. The highest BCUT2D eigenvalue weighted by Crippen LogP contribution is 2.30. The molecule has 0 aromatic carbocycles. The summed E-state index contributed by atoms with van der Waals surface area (Å²) in [5.41, 5.74) is 3.26. The fourth-order valence-corrected chi connectivity index (χ4v) is 2.31. The van der Waals surface area contributed by atoms with Gasteiger partial charge in [-0.15, -0.1) is 0 Å². The third kappa shape index (κ3) is 4.07. The van der Waals surface area contributed by atoms with E-state index in [0.29, 0.717) is 10.4 Å². The minimum Gasteiger partial charge on any atom is -0.444 e. The van der Waals surface area contributed by atoms with Gasteiger partial charge in [0.2, 0.25) is 0 Å². The van der Waals surface area contributed by atoms with Crippen LogP contribution in [0.15, 0.2) is 11.2 Å². The number of hydrogen-bond acceptors (Lipinski definition) is 3. The quantitative estimate of drug-likeness (QED) is 0.783. The van der Waals surface area contributed by atoms with Gasteiger partial charge in [-0.05, 0) is 74.2 Å². The maximum absolute atomic E-state index is 11.8. The van der Waals surface area contributed by atoms with Crippen molar-refractivity contribution in [2.75, 3.05) is 5.32 Å². The van der Waals surface area contributed by atoms with Crippen LogP contribution in [0.5, 0.6) is 0 Å². The van der Waals surface area contributed by atoms with Crippen molar-refractivity contribution in [3.63, 3.8) is 0 Å². The van der Waals surface area contributed by atoms with Crippen molar-refractivity contribution >= 4 is 33.4 Å². The molecule has 20 heavy (non-hydrogen) atoms. The molecule has 0 radical (unpaired) electrons. The van der Waals surface area contributed by atoms with Crippen LogP contribution in [0, 0.1) is 13.8 Å². The Hall–Kier alpha value is -1.36. The van der Waals surface area contributed by atoms with Gasteiger partial charge in [0.1, 0.15) is 16.0 Å². The van der Waals surface area contributed by atoms with E-state index in [9.17, 15) is 4.79 Å². The lowest BCUT2D eigenvalue weighted by atomic mass is 10.00. The number of carbonyl (C=O) groups excluding carboxylic acids is 1. The van der Waals surface area contributed by atoms with Gasteiger partial charge in [0.15, 0.2) is 0 Å². The predicted molar refractivity (Wildman–Crippen MR) is 86.0 cm³/mol. The lowest BCUT2D eigenvalue weighted by Crippen LogP contribution is -2.28. The van der Waals surface area contributed by atoms with Gasteiger partial charge < -0.3 is 4.74 Å². The molecule has 1 aromatic heterocycles. The highest BCUT2D eigenvalue weighted by Gasteiger charge is 2.19. The minimum atomic E-state index is -0.545. The highest BCUT2D eigenvalue weighted by molar-refractivity contribution is 9.10. The molecule has 0 aliphatic heterocycles. The van der Waals surface area contributed by atoms with Crippen molar-refractivity contribution in [1.82, 2.24) is 4.98 Å². The Balaban J connectivity index is 3.15. The van der Waals surface area contributed by atoms with E-state index < -0.39 is 11.7 Å². The molecular formula is C15H21BrN2O2. The molecule has 0 aliphatic rings. The fraction of sp³-hybridized carbons (Fsp3) is 0.467. The van der Waals surface area contributed by atoms with Gasteiger partial charge in [-0.25, -0.2) is 9.78 Å². The topological polar surface area (TPSA) is 51.2 Å². The molecule has 5 heteroatoms. The number of ether oxygens (including phenoxy) is 1. The van der Waals surface area contributed by atoms with Gasteiger partial charge in [-0.2, -0.15) is 0 Å². The Morgan fingerprint density at radius 2 is 1.85 bits per heavy atom. The molecule has 1 aromatic rings. The number of nitrogens with one attached hydrogen (secondary N) is 1. The number of pyridine rings is 1. The van der Waals surface area contributed by atoms with E-state index in [1.54, 1.807) is 0 Å². The average molecular weight is 341 g/mol. The number of hydrogen-bond donors (Lipinski definition) is 1. The molecule has 1 heterocycles. The Morgan fingerprint density at radius 1 is 1.30 bits per heavy atom. The van der Waals surface area contributed by atoms with Crippen LogP contribution in [0.25, 0.3) is 5.57 Å². The van der Waals surface area contributed by atoms with Crippen molar-refractivity contribution < 1.29 is 9.53 Å². The predicted octanol–water partition coefficient (Wildman–Crippen LogP) is 4.84. The van der Waals surface area contributed by atoms with Gasteiger partial charge in [-0.3, -0.25) is 5.32 Å². The van der Waals surface area contributed by atoms with E-state index in [4.69, 9.17) is 4.74 Å². The van der Waals surface area contributed by atoms with Gasteiger partial charge in [-0.1, -0.05) is 12.2 Å². The number of nitrogens with zero attached hydrogens (tertiary/aromatic N) is 1. The van der Waals surface area contributed by atoms with E-state index in [1.807, 2.05) is 41.5 Å². The first-order chi connectivity index (χ1) is 9.03. The summed E-state index contributed by atoms with van der Waals surface area (Å²) in [4.78, 5) is 16.2. The van der Waals surface area contributed by atoms with E-state index in [0.717, 1.165) is 22.3 Å². The lowest BCUT2D eigenvalue weighted by Gasteiger charge is -2.21. The second kappa shape index (κ2) is 5.95. The second-order valence-corrected chi connectivity index (χ2v) is 6.53. The summed E-state index contributed by atoms with van der Waals surface area (Å²) in [6, 6.07) is 0. The van der Waals surface area contributed by atoms with Gasteiger partial charge in [0, 0.05) is 0 Å². The number of carbonyl (C=O) groups is 1. The molecule has 0 unspecified atom stereocenters. The smallest absolute Gasteiger partial charge is 0.413 e. The van der Waals surface area contributed by atoms with Crippen molar-refractivity contribution in [3.8, 4) is 0 Å². The van der Waals surface area contributed by atoms with Crippen LogP contribution < -0.4 is 5.32 Å². The van der Waals surface area contributed by atoms with Crippen molar-refractivity contribution in [2.24, 2.45) is 0 Å². The number of amides is 1. The average Bonchev–Trinajstić information content (AvgIpc) is 2.22. The summed E-state index contributed by atoms with van der Waals surface area (Å²) in [6.45, 7) is 15.2. The van der Waals surface area contributed by atoms with Gasteiger partial charge >= 0.3 is 6.09 Å². The van der Waals surface area contributed by atoms with Crippen LogP contribution in [-0.4, -0.2) is 16.7 Å². The first kappa shape index (κ1) is 16.7. The van der Waals surface area contributed by atoms with Crippen LogP contribution in [-0.2, 0) is 4.74 Å². The molecule has 1 rings (SSSR count). The van der Waals surface area contributed by atoms with E-state index in [1.165, 1.54) is 0 Å². The van der Waals surface area contributed by atoms with Crippen LogP contribution in [0.2, 0.25) is 0 Å². The van der Waals surface area contributed by atoms with Crippen LogP contribution in [0.4, 0.5) is 10.6 Å². The zero-order chi connectivity index (χ0) is 15.7. The summed E-state index contributed by atoms with van der Waals surface area (Å²) in [6.07, 6.45) is -0.517. The van der Waals surface area contributed by atoms with E-state index in [2.05, 4.69) is 32.8 Å². The van der Waals surface area contributed by atoms with Crippen molar-refractivity contribution in [3.05, 3.63) is 27.9 Å². The molecule has 0 fully saturated rings. The third-order valence-corrected chi connectivity index (χ3v) is 3.44. The summed E-state index contributed by atoms with van der Waals surface area (Å²) >= 11 is 3.41. The normalized spacial score (nSPS) is 11.2. The van der Waals surface area contributed by atoms with Gasteiger partial charge in [0.25, 0.3) is 0 Å². The fourth-order valence-electron chi connectivity index (χ4n) is 1.93. The molecule has 0 saturated heterocycles. The maximum atomic E-state index is 11.8. The molecular weight excluding hydrogens is 320 g/mol. The molecule has 1 amide bonds. The summed E-state index contributed by atoms with van der Waals surface area (Å²) in [5.74, 6) is 0.481. The summed E-state index contributed by atoms with van der Waals surface area (Å²) in [5, 5.41) is 2.69. The molecule has 0 bridgehead atoms. The third-order valence-electron chi connectivity index (χ3n) is 2.67. The SMILES string of the molecule is C=C(C)c1c(C)c(Br)nc(NC(=O)OC(C)(C)C)c1C. The van der Waals surface area contributed by atoms with Crippen LogP contribution in [0.3, 0.4) is 0 Å². The second-order valence-electron chi connectivity index (χ2n) is 5.78. The number of halogens is 1. The van der Waals surface area contributed by atoms with Crippen LogP contribution >= 0.6 is 15.9 Å². The molecule has 110 valence electrons. The largest absolute Gasteiger partial charge is 0.444 e. The molecule has 0 aliphatic carbocycles. The Morgan fingerprint density at radius 3 is 2.30 bits per heavy atom. The Kier molecular flexibility index (Phi) is 4.97. The highest BCUT2D eigenvalue weighted by atomic mass is 79.9. The van der Waals surface area contributed by atoms with Gasteiger partial charge in [0.05, 0.1) is 0 Å². The number of allylic oxidation sites excluding steroid dienone is 1. The number of anilines is 1. The summed E-state index contributed by atoms with van der Waals surface area (Å²) in [7, 11) is 0. The first-order valence-corrected chi connectivity index (χ1v) is 7.15. The molecule has 0 atom stereocenters. The van der Waals surface area contributed by atoms with Crippen LogP contribution in [0.1, 0.15) is 44.4 Å². The lowest BCUT2D eigenvalue weighted by molar-refractivity contribution is 0.0635. The molecule has 0 saturated carbocycles. The Bertz CT molecular complexity index is 560. The Labute approximate surface area is 128 Å². The maximum Gasteiger partial charge on any atom is 0.413 e. The number of aromatic nitrogens is 1. The number of rotatable bonds is 2. The van der Waals surface area contributed by atoms with E-state index >= 15 is 0 Å². The monoisotopic (exact) mass is 340 g/mol. The van der Waals surface area contributed by atoms with Crippen molar-refractivity contribution in [2.45, 2.75) is 47.1 Å². The molecule has 0 spiro atoms. The minimum absolute atomic E-state index is 0.481.